The van der Waals surface area contributed by atoms with Gasteiger partial charge >= 0.3 is 0 Å². The Bertz CT molecular complexity index is 411. The van der Waals surface area contributed by atoms with Crippen LogP contribution in [0.15, 0.2) is 12.1 Å². The highest BCUT2D eigenvalue weighted by atomic mass is 127. The van der Waals surface area contributed by atoms with Crippen LogP contribution in [0.1, 0.15) is 23.6 Å². The van der Waals surface area contributed by atoms with Crippen molar-refractivity contribution < 1.29 is 4.74 Å². The first-order chi connectivity index (χ1) is 6.72. The summed E-state index contributed by atoms with van der Waals surface area (Å²) in [6.45, 7) is 0.663. The van der Waals surface area contributed by atoms with Crippen LogP contribution in [0.2, 0.25) is 0 Å². The summed E-state index contributed by atoms with van der Waals surface area (Å²) in [5.41, 5.74) is 7.55. The lowest BCUT2D eigenvalue weighted by Gasteiger charge is -2.23. The van der Waals surface area contributed by atoms with Gasteiger partial charge in [-0.05, 0) is 34.7 Å². The van der Waals surface area contributed by atoms with Gasteiger partial charge in [0, 0.05) is 21.6 Å². The molecule has 4 heteroatoms. The number of fused-ring (bicyclic) bond motifs is 1. The number of rotatable bonds is 0. The SMILES string of the molecule is N#Cc1cc2c(cc1I)OCCC2N. The van der Waals surface area contributed by atoms with E-state index < -0.39 is 0 Å². The molecule has 1 aliphatic rings. The number of nitrogens with two attached hydrogens (primary N) is 1. The van der Waals surface area contributed by atoms with E-state index in [1.807, 2.05) is 12.1 Å². The second-order valence-corrected chi connectivity index (χ2v) is 4.39. The fraction of sp³-hybridized carbons (Fsp3) is 0.300. The molecule has 1 atom stereocenters. The lowest BCUT2D eigenvalue weighted by molar-refractivity contribution is 0.269. The van der Waals surface area contributed by atoms with E-state index in [2.05, 4.69) is 28.7 Å². The van der Waals surface area contributed by atoms with Crippen molar-refractivity contribution in [3.8, 4) is 11.8 Å². The average molecular weight is 300 g/mol. The molecule has 1 unspecified atom stereocenters. The van der Waals surface area contributed by atoms with Crippen molar-refractivity contribution in [2.75, 3.05) is 6.61 Å². The Kier molecular flexibility index (Phi) is 2.61. The first-order valence-electron chi connectivity index (χ1n) is 4.34. The number of nitriles is 1. The molecule has 0 fully saturated rings. The summed E-state index contributed by atoms with van der Waals surface area (Å²) in [5.74, 6) is 0.826. The highest BCUT2D eigenvalue weighted by molar-refractivity contribution is 14.1. The monoisotopic (exact) mass is 300 g/mol. The summed E-state index contributed by atoms with van der Waals surface area (Å²) < 4.78 is 6.39. The Labute approximate surface area is 96.0 Å². The maximum absolute atomic E-state index is 8.87. The molecule has 0 spiro atoms. The van der Waals surface area contributed by atoms with Crippen LogP contribution in [0, 0.1) is 14.9 Å². The van der Waals surface area contributed by atoms with Crippen LogP contribution in [0.3, 0.4) is 0 Å². The fourth-order valence-electron chi connectivity index (χ4n) is 1.52. The number of halogens is 1. The molecule has 1 aromatic rings. The molecule has 2 rings (SSSR count). The zero-order chi connectivity index (χ0) is 10.1. The molecule has 0 radical (unpaired) electrons. The Balaban J connectivity index is 2.56. The molecule has 3 nitrogen and oxygen atoms in total. The van der Waals surface area contributed by atoms with E-state index >= 15 is 0 Å². The summed E-state index contributed by atoms with van der Waals surface area (Å²) in [7, 11) is 0. The molecule has 1 aliphatic heterocycles. The molecular formula is C10H9IN2O. The topological polar surface area (TPSA) is 59.0 Å². The molecule has 2 N–H and O–H groups in total. The van der Waals surface area contributed by atoms with Gasteiger partial charge in [-0.15, -0.1) is 0 Å². The molecule has 1 heterocycles. The zero-order valence-corrected chi connectivity index (χ0v) is 9.61. The van der Waals surface area contributed by atoms with Crippen molar-refractivity contribution in [1.82, 2.24) is 0 Å². The zero-order valence-electron chi connectivity index (χ0n) is 7.46. The van der Waals surface area contributed by atoms with Gasteiger partial charge in [0.2, 0.25) is 0 Å². The van der Waals surface area contributed by atoms with E-state index in [-0.39, 0.29) is 6.04 Å². The number of benzene rings is 1. The summed E-state index contributed by atoms with van der Waals surface area (Å²) in [4.78, 5) is 0. The van der Waals surface area contributed by atoms with Gasteiger partial charge < -0.3 is 10.5 Å². The number of ether oxygens (including phenoxy) is 1. The van der Waals surface area contributed by atoms with Gasteiger partial charge in [-0.2, -0.15) is 5.26 Å². The third-order valence-corrected chi connectivity index (χ3v) is 3.20. The highest BCUT2D eigenvalue weighted by Gasteiger charge is 2.19. The van der Waals surface area contributed by atoms with Gasteiger partial charge in [-0.3, -0.25) is 0 Å². The lowest BCUT2D eigenvalue weighted by atomic mass is 9.99. The molecule has 0 aromatic heterocycles. The van der Waals surface area contributed by atoms with E-state index in [1.54, 1.807) is 0 Å². The van der Waals surface area contributed by atoms with Gasteiger partial charge in [0.15, 0.2) is 0 Å². The van der Waals surface area contributed by atoms with E-state index in [4.69, 9.17) is 15.7 Å². The third-order valence-electron chi connectivity index (χ3n) is 2.31. The largest absolute Gasteiger partial charge is 0.493 e. The molecular weight excluding hydrogens is 291 g/mol. The Morgan fingerprint density at radius 3 is 3.07 bits per heavy atom. The predicted molar refractivity (Wildman–Crippen MR) is 60.9 cm³/mol. The second-order valence-electron chi connectivity index (χ2n) is 3.23. The van der Waals surface area contributed by atoms with Crippen LogP contribution in [0.25, 0.3) is 0 Å². The fourth-order valence-corrected chi connectivity index (χ4v) is 2.08. The van der Waals surface area contributed by atoms with Gasteiger partial charge in [0.1, 0.15) is 11.8 Å². The van der Waals surface area contributed by atoms with Crippen molar-refractivity contribution in [1.29, 1.82) is 5.26 Å². The quantitative estimate of drug-likeness (QED) is 0.745. The van der Waals surface area contributed by atoms with Gasteiger partial charge in [0.05, 0.1) is 12.2 Å². The van der Waals surface area contributed by atoms with Crippen molar-refractivity contribution >= 4 is 22.6 Å². The Morgan fingerprint density at radius 2 is 2.36 bits per heavy atom. The van der Waals surface area contributed by atoms with Crippen LogP contribution in [0.4, 0.5) is 0 Å². The van der Waals surface area contributed by atoms with Gasteiger partial charge in [-0.25, -0.2) is 0 Å². The van der Waals surface area contributed by atoms with Crippen molar-refractivity contribution in [2.24, 2.45) is 5.73 Å². The minimum atomic E-state index is 0.00264. The van der Waals surface area contributed by atoms with E-state index in [9.17, 15) is 0 Å². The standard InChI is InChI=1S/C10H9IN2O/c11-8-4-10-7(3-6(8)5-12)9(13)1-2-14-10/h3-4,9H,1-2,13H2. The summed E-state index contributed by atoms with van der Waals surface area (Å²) >= 11 is 2.13. The number of hydrogen-bond acceptors (Lipinski definition) is 3. The third kappa shape index (κ3) is 1.57. The Hall–Kier alpha value is -0.800. The predicted octanol–water partition coefficient (Wildman–Crippen LogP) is 1.95. The van der Waals surface area contributed by atoms with Crippen molar-refractivity contribution in [3.05, 3.63) is 26.8 Å². The highest BCUT2D eigenvalue weighted by Crippen LogP contribution is 2.33. The molecule has 0 saturated carbocycles. The molecule has 0 amide bonds. The van der Waals surface area contributed by atoms with Crippen LogP contribution in [0.5, 0.6) is 5.75 Å². The van der Waals surface area contributed by atoms with Crippen LogP contribution in [-0.4, -0.2) is 6.61 Å². The average Bonchev–Trinajstić information content (AvgIpc) is 2.17. The first kappa shape index (κ1) is 9.74. The lowest BCUT2D eigenvalue weighted by Crippen LogP contribution is -2.20. The molecule has 0 saturated heterocycles. The number of nitrogens with zero attached hydrogens (tertiary/aromatic N) is 1. The van der Waals surface area contributed by atoms with E-state index in [0.29, 0.717) is 12.2 Å². The summed E-state index contributed by atoms with van der Waals surface area (Å²) in [6, 6.07) is 5.87. The molecule has 14 heavy (non-hydrogen) atoms. The second kappa shape index (κ2) is 3.75. The maximum Gasteiger partial charge on any atom is 0.125 e. The molecule has 0 aliphatic carbocycles. The van der Waals surface area contributed by atoms with E-state index in [1.165, 1.54) is 0 Å². The minimum Gasteiger partial charge on any atom is -0.493 e. The van der Waals surface area contributed by atoms with Crippen molar-refractivity contribution in [2.45, 2.75) is 12.5 Å². The van der Waals surface area contributed by atoms with Crippen LogP contribution < -0.4 is 10.5 Å². The first-order valence-corrected chi connectivity index (χ1v) is 5.42. The van der Waals surface area contributed by atoms with E-state index in [0.717, 1.165) is 21.3 Å². The molecule has 0 bridgehead atoms. The molecule has 72 valence electrons. The minimum absolute atomic E-state index is 0.00264. The number of hydrogen-bond donors (Lipinski definition) is 1. The van der Waals surface area contributed by atoms with Gasteiger partial charge in [0.25, 0.3) is 0 Å². The smallest absolute Gasteiger partial charge is 0.125 e. The van der Waals surface area contributed by atoms with Crippen LogP contribution in [-0.2, 0) is 0 Å². The van der Waals surface area contributed by atoms with Crippen molar-refractivity contribution in [3.63, 3.8) is 0 Å². The summed E-state index contributed by atoms with van der Waals surface area (Å²) in [6.07, 6.45) is 0.818. The normalized spacial score (nSPS) is 19.4. The Morgan fingerprint density at radius 1 is 1.57 bits per heavy atom. The summed E-state index contributed by atoms with van der Waals surface area (Å²) in [5, 5.41) is 8.87. The molecule has 1 aromatic carbocycles. The van der Waals surface area contributed by atoms with Crippen LogP contribution >= 0.6 is 22.6 Å². The van der Waals surface area contributed by atoms with Gasteiger partial charge in [-0.1, -0.05) is 0 Å². The maximum atomic E-state index is 8.87.